The fourth-order valence-electron chi connectivity index (χ4n) is 4.43. The van der Waals surface area contributed by atoms with Gasteiger partial charge in [-0.25, -0.2) is 4.98 Å². The van der Waals surface area contributed by atoms with Crippen LogP contribution in [0, 0.1) is 13.8 Å². The lowest BCUT2D eigenvalue weighted by atomic mass is 9.80. The Balaban J connectivity index is 1.68. The lowest BCUT2D eigenvalue weighted by molar-refractivity contribution is -0.133. The van der Waals surface area contributed by atoms with Crippen molar-refractivity contribution < 1.29 is 19.1 Å². The molecule has 0 spiro atoms. The molecule has 1 N–H and O–H groups in total. The van der Waals surface area contributed by atoms with Gasteiger partial charge in [0.1, 0.15) is 5.75 Å². The van der Waals surface area contributed by atoms with Gasteiger partial charge < -0.3 is 9.64 Å². The summed E-state index contributed by atoms with van der Waals surface area (Å²) >= 11 is 0. The average Bonchev–Trinajstić information content (AvgIpc) is 3.19. The molecule has 2 heterocycles. The number of fused-ring (bicyclic) bond motifs is 1. The number of ether oxygens (including phenoxy) is 1. The number of aromatic nitrogens is 2. The highest BCUT2D eigenvalue weighted by molar-refractivity contribution is 6.02. The van der Waals surface area contributed by atoms with Crippen LogP contribution < -0.4 is 10.1 Å². The molecule has 0 unspecified atom stereocenters. The van der Waals surface area contributed by atoms with E-state index in [2.05, 4.69) is 15.3 Å². The Bertz CT molecular complexity index is 1340. The molecule has 2 aromatic carbocycles. The first-order valence-electron chi connectivity index (χ1n) is 11.9. The van der Waals surface area contributed by atoms with Crippen molar-refractivity contribution >= 4 is 17.7 Å². The SMILES string of the molecule is CCC(=O)NC(=O)[C@@](C)(CN1Cc2ccc(OC)cc2C1=O)c1ccc(-c2nc(C)cnc2C)cc1. The van der Waals surface area contributed by atoms with Crippen molar-refractivity contribution in [3.63, 3.8) is 0 Å². The Morgan fingerprint density at radius 2 is 1.86 bits per heavy atom. The quantitative estimate of drug-likeness (QED) is 0.546. The van der Waals surface area contributed by atoms with Gasteiger partial charge in [-0.1, -0.05) is 37.3 Å². The van der Waals surface area contributed by atoms with Crippen LogP contribution in [0.1, 0.15) is 53.1 Å². The normalized spacial score (nSPS) is 14.2. The number of nitrogens with zero attached hydrogens (tertiary/aromatic N) is 3. The lowest BCUT2D eigenvalue weighted by Gasteiger charge is -2.33. The number of amides is 3. The van der Waals surface area contributed by atoms with Gasteiger partial charge in [-0.15, -0.1) is 0 Å². The third kappa shape index (κ3) is 4.71. The van der Waals surface area contributed by atoms with Gasteiger partial charge in [0.15, 0.2) is 0 Å². The van der Waals surface area contributed by atoms with E-state index in [1.807, 2.05) is 50.2 Å². The van der Waals surface area contributed by atoms with Gasteiger partial charge in [0.05, 0.1) is 29.6 Å². The van der Waals surface area contributed by atoms with Crippen LogP contribution in [0.4, 0.5) is 0 Å². The van der Waals surface area contributed by atoms with Crippen molar-refractivity contribution in [2.45, 2.75) is 46.1 Å². The van der Waals surface area contributed by atoms with E-state index in [4.69, 9.17) is 4.74 Å². The zero-order valence-corrected chi connectivity index (χ0v) is 21.2. The van der Waals surface area contributed by atoms with Crippen molar-refractivity contribution in [3.05, 3.63) is 76.7 Å². The molecule has 0 radical (unpaired) electrons. The molecule has 3 aromatic rings. The number of benzene rings is 2. The molecule has 0 bridgehead atoms. The fourth-order valence-corrected chi connectivity index (χ4v) is 4.43. The molecule has 36 heavy (non-hydrogen) atoms. The molecule has 186 valence electrons. The van der Waals surface area contributed by atoms with Crippen molar-refractivity contribution in [2.24, 2.45) is 0 Å². The zero-order chi connectivity index (χ0) is 26.0. The van der Waals surface area contributed by atoms with E-state index in [0.717, 1.165) is 28.2 Å². The summed E-state index contributed by atoms with van der Waals surface area (Å²) in [7, 11) is 1.55. The Labute approximate surface area is 210 Å². The molecule has 8 heteroatoms. The highest BCUT2D eigenvalue weighted by Crippen LogP contribution is 2.33. The Kier molecular flexibility index (Phi) is 6.88. The molecule has 0 fully saturated rings. The standard InChI is InChI=1S/C28H30N4O4/c1-6-24(33)31-27(35)28(4,16-32-15-20-9-12-22(36-5)13-23(20)26(32)34)21-10-7-19(8-11-21)25-18(3)29-14-17(2)30-25/h7-14H,6,15-16H2,1-5H3,(H,31,33,35)/t28-/m0/s1. The van der Waals surface area contributed by atoms with Crippen LogP contribution in [0.2, 0.25) is 0 Å². The van der Waals surface area contributed by atoms with E-state index in [-0.39, 0.29) is 24.8 Å². The summed E-state index contributed by atoms with van der Waals surface area (Å²) in [5.41, 5.74) is 4.21. The molecule has 3 amide bonds. The number of hydrogen-bond acceptors (Lipinski definition) is 6. The third-order valence-electron chi connectivity index (χ3n) is 6.65. The smallest absolute Gasteiger partial charge is 0.254 e. The molecule has 1 aliphatic heterocycles. The molecule has 1 aromatic heterocycles. The summed E-state index contributed by atoms with van der Waals surface area (Å²) in [6.45, 7) is 7.71. The maximum absolute atomic E-state index is 13.4. The third-order valence-corrected chi connectivity index (χ3v) is 6.65. The average molecular weight is 487 g/mol. The van der Waals surface area contributed by atoms with Crippen LogP contribution >= 0.6 is 0 Å². The van der Waals surface area contributed by atoms with E-state index >= 15 is 0 Å². The second kappa shape index (κ2) is 9.89. The molecule has 8 nitrogen and oxygen atoms in total. The van der Waals surface area contributed by atoms with Crippen molar-refractivity contribution in [3.8, 4) is 17.0 Å². The monoisotopic (exact) mass is 486 g/mol. The molecular formula is C28H30N4O4. The molecule has 4 rings (SSSR count). The predicted octanol–water partition coefficient (Wildman–Crippen LogP) is 3.74. The minimum atomic E-state index is -1.17. The zero-order valence-electron chi connectivity index (χ0n) is 21.2. The summed E-state index contributed by atoms with van der Waals surface area (Å²) in [4.78, 5) is 49.4. The molecular weight excluding hydrogens is 456 g/mol. The first-order chi connectivity index (χ1) is 17.2. The van der Waals surface area contributed by atoms with Crippen molar-refractivity contribution in [1.29, 1.82) is 0 Å². The van der Waals surface area contributed by atoms with Gasteiger partial charge in [0, 0.05) is 36.8 Å². The van der Waals surface area contributed by atoms with E-state index < -0.39 is 11.3 Å². The topological polar surface area (TPSA) is 101 Å². The Morgan fingerprint density at radius 1 is 1.14 bits per heavy atom. The van der Waals surface area contributed by atoms with E-state index in [9.17, 15) is 14.4 Å². The van der Waals surface area contributed by atoms with Crippen molar-refractivity contribution in [2.75, 3.05) is 13.7 Å². The van der Waals surface area contributed by atoms with Gasteiger partial charge in [-0.2, -0.15) is 0 Å². The first-order valence-corrected chi connectivity index (χ1v) is 11.9. The Morgan fingerprint density at radius 3 is 2.53 bits per heavy atom. The molecule has 1 aliphatic rings. The van der Waals surface area contributed by atoms with Gasteiger partial charge in [-0.3, -0.25) is 24.7 Å². The summed E-state index contributed by atoms with van der Waals surface area (Å²) in [5, 5.41) is 2.50. The second-order valence-corrected chi connectivity index (χ2v) is 9.27. The van der Waals surface area contributed by atoms with E-state index in [1.54, 1.807) is 38.1 Å². The van der Waals surface area contributed by atoms with Crippen LogP contribution in [0.3, 0.4) is 0 Å². The van der Waals surface area contributed by atoms with Gasteiger partial charge >= 0.3 is 0 Å². The van der Waals surface area contributed by atoms with Crippen molar-refractivity contribution in [1.82, 2.24) is 20.2 Å². The molecule has 0 saturated heterocycles. The number of carbonyl (C=O) groups excluding carboxylic acids is 3. The van der Waals surface area contributed by atoms with E-state index in [1.165, 1.54) is 0 Å². The van der Waals surface area contributed by atoms with Crippen LogP contribution in [0.15, 0.2) is 48.7 Å². The second-order valence-electron chi connectivity index (χ2n) is 9.27. The fraction of sp³-hybridized carbons (Fsp3) is 0.321. The summed E-state index contributed by atoms with van der Waals surface area (Å²) < 4.78 is 5.27. The van der Waals surface area contributed by atoms with Crippen LogP contribution in [-0.2, 0) is 21.5 Å². The van der Waals surface area contributed by atoms with E-state index in [0.29, 0.717) is 23.4 Å². The number of carbonyl (C=O) groups is 3. The minimum Gasteiger partial charge on any atom is -0.497 e. The molecule has 1 atom stereocenters. The van der Waals surface area contributed by atoms with Crippen LogP contribution in [-0.4, -0.2) is 46.2 Å². The number of methoxy groups -OCH3 is 1. The van der Waals surface area contributed by atoms with Gasteiger partial charge in [0.25, 0.3) is 5.91 Å². The number of rotatable bonds is 7. The molecule has 0 aliphatic carbocycles. The number of hydrogen-bond donors (Lipinski definition) is 1. The van der Waals surface area contributed by atoms with Crippen LogP contribution in [0.5, 0.6) is 5.75 Å². The lowest BCUT2D eigenvalue weighted by Crippen LogP contribution is -2.51. The maximum atomic E-state index is 13.4. The highest BCUT2D eigenvalue weighted by atomic mass is 16.5. The number of imide groups is 1. The highest BCUT2D eigenvalue weighted by Gasteiger charge is 2.41. The van der Waals surface area contributed by atoms with Gasteiger partial charge in [0.2, 0.25) is 11.8 Å². The molecule has 0 saturated carbocycles. The number of aryl methyl sites for hydroxylation is 2. The summed E-state index contributed by atoms with van der Waals surface area (Å²) in [6.07, 6.45) is 1.90. The minimum absolute atomic E-state index is 0.105. The largest absolute Gasteiger partial charge is 0.497 e. The summed E-state index contributed by atoms with van der Waals surface area (Å²) in [6, 6.07) is 12.9. The van der Waals surface area contributed by atoms with Gasteiger partial charge in [-0.05, 0) is 44.0 Å². The Hall–Kier alpha value is -4.07. The summed E-state index contributed by atoms with van der Waals surface area (Å²) in [5.74, 6) is -0.389. The first kappa shape index (κ1) is 25.0. The number of nitrogens with one attached hydrogen (secondary N) is 1. The maximum Gasteiger partial charge on any atom is 0.254 e. The predicted molar refractivity (Wildman–Crippen MR) is 135 cm³/mol. The van der Waals surface area contributed by atoms with Crippen LogP contribution in [0.25, 0.3) is 11.3 Å².